The number of carbonyl (C=O) groups excluding carboxylic acids is 1. The van der Waals surface area contributed by atoms with Gasteiger partial charge in [0, 0.05) is 51.4 Å². The lowest BCUT2D eigenvalue weighted by molar-refractivity contribution is -0.131. The van der Waals surface area contributed by atoms with E-state index in [0.717, 1.165) is 16.8 Å². The molecule has 0 bridgehead atoms. The maximum atomic E-state index is 14.0. The standard InChI is InChI=1S/C24H27FN4O/c1-18-7-9-19(10-8-18)24-20(17-27(2)26-24)11-12-23(30)29-15-13-28(14-16-29)22-6-4-3-5-21(22)25/h3-10,17H,11-16H2,1-2H3. The molecule has 1 aliphatic rings. The topological polar surface area (TPSA) is 41.4 Å². The van der Waals surface area contributed by atoms with E-state index in [1.807, 2.05) is 33.8 Å². The van der Waals surface area contributed by atoms with Gasteiger partial charge in [-0.3, -0.25) is 9.48 Å². The Morgan fingerprint density at radius 2 is 1.73 bits per heavy atom. The average molecular weight is 407 g/mol. The third-order valence-electron chi connectivity index (χ3n) is 5.66. The first-order chi connectivity index (χ1) is 14.5. The minimum absolute atomic E-state index is 0.141. The van der Waals surface area contributed by atoms with Gasteiger partial charge in [0.1, 0.15) is 5.82 Å². The fourth-order valence-electron chi connectivity index (χ4n) is 3.98. The number of hydrogen-bond donors (Lipinski definition) is 0. The van der Waals surface area contributed by atoms with Crippen LogP contribution in [0.25, 0.3) is 11.3 Å². The minimum atomic E-state index is -0.211. The summed E-state index contributed by atoms with van der Waals surface area (Å²) >= 11 is 0. The van der Waals surface area contributed by atoms with Crippen LogP contribution in [0.2, 0.25) is 0 Å². The van der Waals surface area contributed by atoms with E-state index >= 15 is 0 Å². The average Bonchev–Trinajstić information content (AvgIpc) is 3.13. The molecular weight excluding hydrogens is 379 g/mol. The predicted octanol–water partition coefficient (Wildman–Crippen LogP) is 3.82. The number of carbonyl (C=O) groups is 1. The van der Waals surface area contributed by atoms with Crippen LogP contribution in [0.15, 0.2) is 54.7 Å². The van der Waals surface area contributed by atoms with Crippen molar-refractivity contribution in [3.05, 3.63) is 71.7 Å². The van der Waals surface area contributed by atoms with Gasteiger partial charge < -0.3 is 9.80 Å². The smallest absolute Gasteiger partial charge is 0.223 e. The van der Waals surface area contributed by atoms with Gasteiger partial charge in [-0.05, 0) is 31.0 Å². The summed E-state index contributed by atoms with van der Waals surface area (Å²) in [6.07, 6.45) is 3.10. The molecule has 0 saturated carbocycles. The van der Waals surface area contributed by atoms with Crippen molar-refractivity contribution in [3.63, 3.8) is 0 Å². The first-order valence-electron chi connectivity index (χ1n) is 10.4. The van der Waals surface area contributed by atoms with Crippen LogP contribution < -0.4 is 4.90 Å². The lowest BCUT2D eigenvalue weighted by Crippen LogP contribution is -2.49. The summed E-state index contributed by atoms with van der Waals surface area (Å²) in [6.45, 7) is 4.59. The minimum Gasteiger partial charge on any atom is -0.366 e. The molecule has 0 radical (unpaired) electrons. The van der Waals surface area contributed by atoms with E-state index in [2.05, 4.69) is 36.3 Å². The van der Waals surface area contributed by atoms with Crippen LogP contribution in [-0.4, -0.2) is 46.8 Å². The molecule has 30 heavy (non-hydrogen) atoms. The number of anilines is 1. The zero-order chi connectivity index (χ0) is 21.1. The van der Waals surface area contributed by atoms with Crippen LogP contribution in [0, 0.1) is 12.7 Å². The summed E-state index contributed by atoms with van der Waals surface area (Å²) in [7, 11) is 1.91. The summed E-state index contributed by atoms with van der Waals surface area (Å²) in [5, 5.41) is 4.60. The third kappa shape index (κ3) is 4.37. The Bertz CT molecular complexity index is 1020. The molecule has 0 aliphatic carbocycles. The summed E-state index contributed by atoms with van der Waals surface area (Å²) in [5.41, 5.74) is 4.92. The van der Waals surface area contributed by atoms with Crippen LogP contribution in [-0.2, 0) is 18.3 Å². The molecule has 2 heterocycles. The number of amides is 1. The summed E-state index contributed by atoms with van der Waals surface area (Å²) in [5.74, 6) is -0.0700. The van der Waals surface area contributed by atoms with Crippen molar-refractivity contribution in [1.29, 1.82) is 0 Å². The zero-order valence-electron chi connectivity index (χ0n) is 17.5. The number of benzene rings is 2. The van der Waals surface area contributed by atoms with Crippen LogP contribution in [0.1, 0.15) is 17.5 Å². The molecule has 1 saturated heterocycles. The van der Waals surface area contributed by atoms with Gasteiger partial charge in [-0.1, -0.05) is 42.0 Å². The molecule has 2 aromatic carbocycles. The van der Waals surface area contributed by atoms with Gasteiger partial charge in [0.15, 0.2) is 0 Å². The molecule has 1 aliphatic heterocycles. The lowest BCUT2D eigenvalue weighted by Gasteiger charge is -2.36. The number of aryl methyl sites for hydroxylation is 3. The Balaban J connectivity index is 1.36. The van der Waals surface area contributed by atoms with E-state index in [9.17, 15) is 9.18 Å². The molecule has 1 amide bonds. The SMILES string of the molecule is Cc1ccc(-c2nn(C)cc2CCC(=O)N2CCN(c3ccccc3F)CC2)cc1. The lowest BCUT2D eigenvalue weighted by atomic mass is 10.0. The molecular formula is C24H27FN4O. The van der Waals surface area contributed by atoms with Crippen molar-refractivity contribution in [1.82, 2.24) is 14.7 Å². The molecule has 1 fully saturated rings. The highest BCUT2D eigenvalue weighted by Gasteiger charge is 2.23. The molecule has 6 heteroatoms. The number of para-hydroxylation sites is 1. The van der Waals surface area contributed by atoms with Crippen LogP contribution in [0.4, 0.5) is 10.1 Å². The molecule has 5 nitrogen and oxygen atoms in total. The largest absolute Gasteiger partial charge is 0.366 e. The monoisotopic (exact) mass is 406 g/mol. The van der Waals surface area contributed by atoms with Gasteiger partial charge in [0.05, 0.1) is 11.4 Å². The Labute approximate surface area is 176 Å². The first-order valence-corrected chi connectivity index (χ1v) is 10.4. The van der Waals surface area contributed by atoms with Gasteiger partial charge >= 0.3 is 0 Å². The molecule has 156 valence electrons. The van der Waals surface area contributed by atoms with Crippen LogP contribution in [0.5, 0.6) is 0 Å². The van der Waals surface area contributed by atoms with E-state index < -0.39 is 0 Å². The van der Waals surface area contributed by atoms with Crippen molar-refractivity contribution >= 4 is 11.6 Å². The molecule has 0 unspecified atom stereocenters. The van der Waals surface area contributed by atoms with Crippen molar-refractivity contribution in [2.24, 2.45) is 7.05 Å². The Morgan fingerprint density at radius 1 is 1.03 bits per heavy atom. The van der Waals surface area contributed by atoms with E-state index in [1.165, 1.54) is 11.6 Å². The second-order valence-corrected chi connectivity index (χ2v) is 7.86. The van der Waals surface area contributed by atoms with Crippen molar-refractivity contribution in [3.8, 4) is 11.3 Å². The fraction of sp³-hybridized carbons (Fsp3) is 0.333. The number of nitrogens with zero attached hydrogens (tertiary/aromatic N) is 4. The van der Waals surface area contributed by atoms with Crippen LogP contribution >= 0.6 is 0 Å². The normalized spacial score (nSPS) is 14.2. The number of piperazine rings is 1. The number of rotatable bonds is 5. The summed E-state index contributed by atoms with van der Waals surface area (Å²) in [4.78, 5) is 16.7. The number of halogens is 1. The van der Waals surface area contributed by atoms with E-state index in [1.54, 1.807) is 12.1 Å². The van der Waals surface area contributed by atoms with E-state index in [-0.39, 0.29) is 11.7 Å². The fourth-order valence-corrected chi connectivity index (χ4v) is 3.98. The molecule has 4 rings (SSSR count). The summed E-state index contributed by atoms with van der Waals surface area (Å²) in [6, 6.07) is 15.1. The molecule has 0 atom stereocenters. The van der Waals surface area contributed by atoms with Crippen molar-refractivity contribution < 1.29 is 9.18 Å². The highest BCUT2D eigenvalue weighted by Crippen LogP contribution is 2.24. The Morgan fingerprint density at radius 3 is 2.43 bits per heavy atom. The molecule has 1 aromatic heterocycles. The maximum absolute atomic E-state index is 14.0. The van der Waals surface area contributed by atoms with E-state index in [0.29, 0.717) is 44.7 Å². The van der Waals surface area contributed by atoms with Gasteiger partial charge in [0.25, 0.3) is 0 Å². The molecule has 0 spiro atoms. The van der Waals surface area contributed by atoms with Crippen molar-refractivity contribution in [2.45, 2.75) is 19.8 Å². The first kappa shape index (κ1) is 20.1. The summed E-state index contributed by atoms with van der Waals surface area (Å²) < 4.78 is 15.8. The zero-order valence-corrected chi connectivity index (χ0v) is 17.5. The third-order valence-corrected chi connectivity index (χ3v) is 5.66. The van der Waals surface area contributed by atoms with Crippen molar-refractivity contribution in [2.75, 3.05) is 31.1 Å². The molecule has 3 aromatic rings. The second-order valence-electron chi connectivity index (χ2n) is 7.86. The molecule has 0 N–H and O–H groups in total. The van der Waals surface area contributed by atoms with Gasteiger partial charge in [0.2, 0.25) is 5.91 Å². The van der Waals surface area contributed by atoms with Crippen LogP contribution in [0.3, 0.4) is 0 Å². The highest BCUT2D eigenvalue weighted by atomic mass is 19.1. The Hall–Kier alpha value is -3.15. The Kier molecular flexibility index (Phi) is 5.84. The number of hydrogen-bond acceptors (Lipinski definition) is 3. The van der Waals surface area contributed by atoms with Gasteiger partial charge in [-0.25, -0.2) is 4.39 Å². The van der Waals surface area contributed by atoms with Gasteiger partial charge in [-0.15, -0.1) is 0 Å². The quantitative estimate of drug-likeness (QED) is 0.647. The predicted molar refractivity (Wildman–Crippen MR) is 117 cm³/mol. The number of aromatic nitrogens is 2. The van der Waals surface area contributed by atoms with Gasteiger partial charge in [-0.2, -0.15) is 5.10 Å². The highest BCUT2D eigenvalue weighted by molar-refractivity contribution is 5.77. The maximum Gasteiger partial charge on any atom is 0.223 e. The second kappa shape index (κ2) is 8.69. The van der Waals surface area contributed by atoms with E-state index in [4.69, 9.17) is 0 Å².